The number of ether oxygens (including phenoxy) is 1. The van der Waals surface area contributed by atoms with Gasteiger partial charge in [0.15, 0.2) is 0 Å². The molecule has 0 saturated carbocycles. The van der Waals surface area contributed by atoms with Crippen LogP contribution in [0.3, 0.4) is 0 Å². The zero-order chi connectivity index (χ0) is 18.4. The molecule has 136 valence electrons. The number of methoxy groups -OCH3 is 1. The SMILES string of the molecule is COc1ccc(CCCNC(C)C(O)c2cc(Cl)c(N)c(Cl)c2)cc1. The zero-order valence-corrected chi connectivity index (χ0v) is 15.9. The predicted octanol–water partition coefficient (Wildman–Crippen LogP) is 4.23. The molecule has 4 N–H and O–H groups in total. The fourth-order valence-corrected chi connectivity index (χ4v) is 3.09. The van der Waals surface area contributed by atoms with E-state index in [1.807, 2.05) is 19.1 Å². The summed E-state index contributed by atoms with van der Waals surface area (Å²) in [5, 5.41) is 14.5. The summed E-state index contributed by atoms with van der Waals surface area (Å²) in [6, 6.07) is 11.2. The number of aryl methyl sites for hydroxylation is 1. The lowest BCUT2D eigenvalue weighted by Crippen LogP contribution is -2.33. The molecule has 25 heavy (non-hydrogen) atoms. The highest BCUT2D eigenvalue weighted by Crippen LogP contribution is 2.32. The molecule has 2 atom stereocenters. The van der Waals surface area contributed by atoms with Crippen LogP contribution in [0.15, 0.2) is 36.4 Å². The van der Waals surface area contributed by atoms with E-state index in [9.17, 15) is 5.11 Å². The Labute approximate surface area is 158 Å². The maximum Gasteiger partial charge on any atom is 0.118 e. The largest absolute Gasteiger partial charge is 0.497 e. The molecule has 2 aromatic carbocycles. The van der Waals surface area contributed by atoms with E-state index >= 15 is 0 Å². The highest BCUT2D eigenvalue weighted by atomic mass is 35.5. The minimum Gasteiger partial charge on any atom is -0.497 e. The number of hydrogen-bond donors (Lipinski definition) is 3. The maximum absolute atomic E-state index is 10.5. The van der Waals surface area contributed by atoms with Crippen LogP contribution in [0.25, 0.3) is 0 Å². The highest BCUT2D eigenvalue weighted by molar-refractivity contribution is 6.38. The molecule has 4 nitrogen and oxygen atoms in total. The van der Waals surface area contributed by atoms with Crippen molar-refractivity contribution < 1.29 is 9.84 Å². The molecule has 0 saturated heterocycles. The van der Waals surface area contributed by atoms with Crippen LogP contribution in [0.4, 0.5) is 5.69 Å². The van der Waals surface area contributed by atoms with Crippen LogP contribution >= 0.6 is 23.2 Å². The van der Waals surface area contributed by atoms with E-state index in [-0.39, 0.29) is 6.04 Å². The summed E-state index contributed by atoms with van der Waals surface area (Å²) in [5.74, 6) is 0.861. The molecule has 0 aliphatic carbocycles. The van der Waals surface area contributed by atoms with Gasteiger partial charge in [-0.1, -0.05) is 35.3 Å². The van der Waals surface area contributed by atoms with Gasteiger partial charge >= 0.3 is 0 Å². The molecular formula is C19H24Cl2N2O2. The summed E-state index contributed by atoms with van der Waals surface area (Å²) in [5.41, 5.74) is 7.97. The van der Waals surface area contributed by atoms with Crippen molar-refractivity contribution in [2.75, 3.05) is 19.4 Å². The Morgan fingerprint density at radius 2 is 1.76 bits per heavy atom. The highest BCUT2D eigenvalue weighted by Gasteiger charge is 2.18. The van der Waals surface area contributed by atoms with Crippen LogP contribution < -0.4 is 15.8 Å². The first-order valence-corrected chi connectivity index (χ1v) is 8.96. The van der Waals surface area contributed by atoms with Gasteiger partial charge in [0.25, 0.3) is 0 Å². The van der Waals surface area contributed by atoms with Gasteiger partial charge in [0, 0.05) is 6.04 Å². The van der Waals surface area contributed by atoms with Gasteiger partial charge in [-0.3, -0.25) is 0 Å². The summed E-state index contributed by atoms with van der Waals surface area (Å²) in [7, 11) is 1.66. The lowest BCUT2D eigenvalue weighted by Gasteiger charge is -2.21. The van der Waals surface area contributed by atoms with E-state index in [1.165, 1.54) is 5.56 Å². The monoisotopic (exact) mass is 382 g/mol. The summed E-state index contributed by atoms with van der Waals surface area (Å²) in [4.78, 5) is 0. The van der Waals surface area contributed by atoms with Crippen molar-refractivity contribution in [1.29, 1.82) is 0 Å². The van der Waals surface area contributed by atoms with E-state index in [1.54, 1.807) is 19.2 Å². The van der Waals surface area contributed by atoms with E-state index in [2.05, 4.69) is 17.4 Å². The van der Waals surface area contributed by atoms with E-state index < -0.39 is 6.10 Å². The number of nitrogens with one attached hydrogen (secondary N) is 1. The number of benzene rings is 2. The first-order chi connectivity index (χ1) is 11.9. The Bertz CT molecular complexity index is 669. The molecule has 0 spiro atoms. The Morgan fingerprint density at radius 3 is 2.32 bits per heavy atom. The van der Waals surface area contributed by atoms with Gasteiger partial charge in [-0.15, -0.1) is 0 Å². The average molecular weight is 383 g/mol. The van der Waals surface area contributed by atoms with Crippen LogP contribution in [0.1, 0.15) is 30.6 Å². The predicted molar refractivity (Wildman–Crippen MR) is 105 cm³/mol. The Kier molecular flexibility index (Phi) is 7.38. The van der Waals surface area contributed by atoms with Gasteiger partial charge < -0.3 is 20.9 Å². The molecule has 0 fully saturated rings. The first-order valence-electron chi connectivity index (χ1n) is 8.21. The van der Waals surface area contributed by atoms with Crippen molar-refractivity contribution in [3.63, 3.8) is 0 Å². The van der Waals surface area contributed by atoms with Crippen molar-refractivity contribution in [2.45, 2.75) is 31.9 Å². The molecule has 6 heteroatoms. The molecule has 2 unspecified atom stereocenters. The zero-order valence-electron chi connectivity index (χ0n) is 14.4. The molecular weight excluding hydrogens is 359 g/mol. The van der Waals surface area contributed by atoms with Crippen molar-refractivity contribution in [3.8, 4) is 5.75 Å². The van der Waals surface area contributed by atoms with Crippen LogP contribution in [-0.4, -0.2) is 24.8 Å². The Hall–Kier alpha value is -1.46. The maximum atomic E-state index is 10.5. The van der Waals surface area contributed by atoms with Gasteiger partial charge in [0.05, 0.1) is 28.9 Å². The van der Waals surface area contributed by atoms with Crippen LogP contribution in [-0.2, 0) is 6.42 Å². The van der Waals surface area contributed by atoms with Gasteiger partial charge in [-0.05, 0) is 61.7 Å². The number of anilines is 1. The second kappa shape index (κ2) is 9.30. The third-order valence-corrected chi connectivity index (χ3v) is 4.81. The minimum atomic E-state index is -0.711. The molecule has 0 aromatic heterocycles. The molecule has 0 radical (unpaired) electrons. The summed E-state index contributed by atoms with van der Waals surface area (Å²) in [6.07, 6.45) is 1.21. The summed E-state index contributed by atoms with van der Waals surface area (Å²) < 4.78 is 5.15. The molecule has 0 aliphatic heterocycles. The third kappa shape index (κ3) is 5.51. The van der Waals surface area contributed by atoms with Gasteiger partial charge in [-0.25, -0.2) is 0 Å². The van der Waals surface area contributed by atoms with Crippen molar-refractivity contribution >= 4 is 28.9 Å². The second-order valence-electron chi connectivity index (χ2n) is 6.04. The number of nitrogens with two attached hydrogens (primary N) is 1. The van der Waals surface area contributed by atoms with Crippen LogP contribution in [0.2, 0.25) is 10.0 Å². The van der Waals surface area contributed by atoms with E-state index in [4.69, 9.17) is 33.7 Å². The summed E-state index contributed by atoms with van der Waals surface area (Å²) >= 11 is 12.1. The smallest absolute Gasteiger partial charge is 0.118 e. The fraction of sp³-hybridized carbons (Fsp3) is 0.368. The van der Waals surface area contributed by atoms with Gasteiger partial charge in [0.1, 0.15) is 5.75 Å². The van der Waals surface area contributed by atoms with Gasteiger partial charge in [0.2, 0.25) is 0 Å². The lowest BCUT2D eigenvalue weighted by molar-refractivity contribution is 0.136. The van der Waals surface area contributed by atoms with Crippen molar-refractivity contribution in [3.05, 3.63) is 57.6 Å². The van der Waals surface area contributed by atoms with Crippen molar-refractivity contribution in [2.24, 2.45) is 0 Å². The van der Waals surface area contributed by atoms with E-state index in [0.717, 1.165) is 25.1 Å². The molecule has 0 bridgehead atoms. The number of aliphatic hydroxyl groups is 1. The standard InChI is InChI=1S/C19H24Cl2N2O2/c1-12(19(24)14-10-16(20)18(22)17(21)11-14)23-9-3-4-13-5-7-15(25-2)8-6-13/h5-8,10-12,19,23-24H,3-4,9,22H2,1-2H3. The lowest BCUT2D eigenvalue weighted by atomic mass is 10.0. The summed E-state index contributed by atoms with van der Waals surface area (Å²) in [6.45, 7) is 2.72. The molecule has 0 amide bonds. The van der Waals surface area contributed by atoms with Crippen LogP contribution in [0.5, 0.6) is 5.75 Å². The van der Waals surface area contributed by atoms with Crippen molar-refractivity contribution in [1.82, 2.24) is 5.32 Å². The first kappa shape index (κ1) is 19.9. The molecule has 0 heterocycles. The Morgan fingerprint density at radius 1 is 1.16 bits per heavy atom. The average Bonchev–Trinajstić information content (AvgIpc) is 2.62. The van der Waals surface area contributed by atoms with Gasteiger partial charge in [-0.2, -0.15) is 0 Å². The minimum absolute atomic E-state index is 0.133. The third-order valence-electron chi connectivity index (χ3n) is 4.18. The number of nitrogen functional groups attached to an aromatic ring is 1. The fourth-order valence-electron chi connectivity index (χ4n) is 2.59. The molecule has 0 aliphatic rings. The van der Waals surface area contributed by atoms with E-state index in [0.29, 0.717) is 21.3 Å². The number of halogens is 2. The number of rotatable bonds is 8. The quantitative estimate of drug-likeness (QED) is 0.472. The second-order valence-corrected chi connectivity index (χ2v) is 6.85. The molecule has 2 rings (SSSR count). The number of aliphatic hydroxyl groups excluding tert-OH is 1. The van der Waals surface area contributed by atoms with Crippen LogP contribution in [0, 0.1) is 0 Å². The number of hydrogen-bond acceptors (Lipinski definition) is 4. The normalized spacial score (nSPS) is 13.5. The topological polar surface area (TPSA) is 67.5 Å². The molecule has 2 aromatic rings. The Balaban J connectivity index is 1.82.